The van der Waals surface area contributed by atoms with E-state index in [9.17, 15) is 19.7 Å². The molecule has 12 heteroatoms. The molecule has 0 radical (unpaired) electrons. The van der Waals surface area contributed by atoms with Crippen molar-refractivity contribution in [2.45, 2.75) is 0 Å². The van der Waals surface area contributed by atoms with Crippen LogP contribution in [0.2, 0.25) is 15.1 Å². The standard InChI is InChI=1S/C15H11Cl3N4O5/c16-10-5-12(18)13(6-11(10)17)27-7-14(23)20-21-15(24)19-8-1-3-9(4-2-8)22(25)26/h1-6H,7H2,(H,20,23)(H2,19,21,24). The lowest BCUT2D eigenvalue weighted by molar-refractivity contribution is -0.384. The molecule has 0 spiro atoms. The number of non-ortho nitro benzene ring substituents is 1. The first-order chi connectivity index (χ1) is 12.8. The summed E-state index contributed by atoms with van der Waals surface area (Å²) in [6.45, 7) is -0.449. The molecule has 2 aromatic carbocycles. The van der Waals surface area contributed by atoms with E-state index in [2.05, 4.69) is 16.2 Å². The first-order valence-electron chi connectivity index (χ1n) is 7.14. The highest BCUT2D eigenvalue weighted by Gasteiger charge is 2.11. The van der Waals surface area contributed by atoms with Crippen molar-refractivity contribution in [2.24, 2.45) is 0 Å². The molecule has 0 aliphatic rings. The van der Waals surface area contributed by atoms with Gasteiger partial charge in [-0.1, -0.05) is 34.8 Å². The third-order valence-electron chi connectivity index (χ3n) is 2.99. The fourth-order valence-corrected chi connectivity index (χ4v) is 2.34. The zero-order valence-corrected chi connectivity index (χ0v) is 15.6. The van der Waals surface area contributed by atoms with Gasteiger partial charge in [0.2, 0.25) is 0 Å². The molecule has 9 nitrogen and oxygen atoms in total. The number of carbonyl (C=O) groups excluding carboxylic acids is 2. The van der Waals surface area contributed by atoms with Crippen molar-refractivity contribution in [3.8, 4) is 5.75 Å². The molecule has 0 unspecified atom stereocenters. The van der Waals surface area contributed by atoms with Crippen LogP contribution in [0, 0.1) is 10.1 Å². The quantitative estimate of drug-likeness (QED) is 0.376. The Morgan fingerprint density at radius 3 is 2.26 bits per heavy atom. The fraction of sp³-hybridized carbons (Fsp3) is 0.0667. The number of ether oxygens (including phenoxy) is 1. The Labute approximate surface area is 167 Å². The number of halogens is 3. The number of urea groups is 1. The minimum atomic E-state index is -0.759. The van der Waals surface area contributed by atoms with Crippen LogP contribution in [0.25, 0.3) is 0 Å². The maximum absolute atomic E-state index is 11.7. The zero-order valence-electron chi connectivity index (χ0n) is 13.3. The van der Waals surface area contributed by atoms with Crippen molar-refractivity contribution < 1.29 is 19.2 Å². The number of hydrazine groups is 1. The highest BCUT2D eigenvalue weighted by molar-refractivity contribution is 6.43. The van der Waals surface area contributed by atoms with Gasteiger partial charge in [0.1, 0.15) is 5.75 Å². The van der Waals surface area contributed by atoms with Gasteiger partial charge in [-0.05, 0) is 18.2 Å². The first kappa shape index (κ1) is 20.6. The largest absolute Gasteiger partial charge is 0.482 e. The zero-order chi connectivity index (χ0) is 20.0. The van der Waals surface area contributed by atoms with Gasteiger partial charge in [-0.3, -0.25) is 20.3 Å². The highest BCUT2D eigenvalue weighted by atomic mass is 35.5. The molecule has 0 atom stereocenters. The predicted molar refractivity (Wildman–Crippen MR) is 100 cm³/mol. The fourth-order valence-electron chi connectivity index (χ4n) is 1.75. The van der Waals surface area contributed by atoms with Gasteiger partial charge >= 0.3 is 6.03 Å². The van der Waals surface area contributed by atoms with E-state index in [1.807, 2.05) is 0 Å². The topological polar surface area (TPSA) is 123 Å². The maximum Gasteiger partial charge on any atom is 0.337 e. The number of nitro benzene ring substituents is 1. The number of nitrogens with one attached hydrogen (secondary N) is 3. The van der Waals surface area contributed by atoms with E-state index in [4.69, 9.17) is 39.5 Å². The summed E-state index contributed by atoms with van der Waals surface area (Å²) in [5, 5.41) is 13.5. The van der Waals surface area contributed by atoms with Crippen LogP contribution in [0.1, 0.15) is 0 Å². The molecule has 0 bridgehead atoms. The summed E-state index contributed by atoms with van der Waals surface area (Å²) >= 11 is 17.5. The number of nitro groups is 1. The Hall–Kier alpha value is -2.75. The van der Waals surface area contributed by atoms with Crippen LogP contribution < -0.4 is 20.9 Å². The van der Waals surface area contributed by atoms with E-state index in [0.717, 1.165) is 0 Å². The van der Waals surface area contributed by atoms with Gasteiger partial charge in [-0.2, -0.15) is 0 Å². The number of hydrogen-bond acceptors (Lipinski definition) is 5. The second-order valence-electron chi connectivity index (χ2n) is 4.92. The van der Waals surface area contributed by atoms with Gasteiger partial charge in [0.25, 0.3) is 11.6 Å². The molecule has 0 heterocycles. The van der Waals surface area contributed by atoms with Crippen LogP contribution in [-0.2, 0) is 4.79 Å². The van der Waals surface area contributed by atoms with Crippen molar-refractivity contribution in [1.29, 1.82) is 0 Å². The van der Waals surface area contributed by atoms with E-state index in [1.54, 1.807) is 0 Å². The third-order valence-corrected chi connectivity index (χ3v) is 4.00. The van der Waals surface area contributed by atoms with Crippen LogP contribution >= 0.6 is 34.8 Å². The summed E-state index contributed by atoms with van der Waals surface area (Å²) in [7, 11) is 0. The number of benzene rings is 2. The highest BCUT2D eigenvalue weighted by Crippen LogP contribution is 2.33. The minimum absolute atomic E-state index is 0.118. The molecule has 2 aromatic rings. The molecule has 3 N–H and O–H groups in total. The smallest absolute Gasteiger partial charge is 0.337 e. The molecule has 0 fully saturated rings. The van der Waals surface area contributed by atoms with Crippen molar-refractivity contribution in [2.75, 3.05) is 11.9 Å². The molecule has 0 aliphatic heterocycles. The molecule has 0 aliphatic carbocycles. The summed E-state index contributed by atoms with van der Waals surface area (Å²) in [6.07, 6.45) is 0. The van der Waals surface area contributed by atoms with Crippen LogP contribution in [0.15, 0.2) is 36.4 Å². The maximum atomic E-state index is 11.7. The average Bonchev–Trinajstić information content (AvgIpc) is 2.62. The van der Waals surface area contributed by atoms with Crippen molar-refractivity contribution >= 4 is 58.1 Å². The van der Waals surface area contributed by atoms with Gasteiger partial charge in [0, 0.05) is 23.9 Å². The monoisotopic (exact) mass is 432 g/mol. The molecule has 2 rings (SSSR count). The Morgan fingerprint density at radius 2 is 1.63 bits per heavy atom. The number of carbonyl (C=O) groups is 2. The Morgan fingerprint density at radius 1 is 1.00 bits per heavy atom. The second-order valence-corrected chi connectivity index (χ2v) is 6.14. The summed E-state index contributed by atoms with van der Waals surface area (Å²) < 4.78 is 5.20. The van der Waals surface area contributed by atoms with E-state index >= 15 is 0 Å². The van der Waals surface area contributed by atoms with Gasteiger partial charge in [0.05, 0.1) is 20.0 Å². The summed E-state index contributed by atoms with van der Waals surface area (Å²) in [5.74, 6) is -0.521. The Balaban J connectivity index is 1.78. The molecule has 0 aromatic heterocycles. The summed E-state index contributed by atoms with van der Waals surface area (Å²) in [4.78, 5) is 33.4. The normalized spacial score (nSPS) is 10.0. The minimum Gasteiger partial charge on any atom is -0.482 e. The van der Waals surface area contributed by atoms with Crippen LogP contribution in [0.3, 0.4) is 0 Å². The number of rotatable bonds is 5. The van der Waals surface area contributed by atoms with E-state index < -0.39 is 23.5 Å². The van der Waals surface area contributed by atoms with Crippen LogP contribution in [-0.4, -0.2) is 23.5 Å². The molecule has 27 heavy (non-hydrogen) atoms. The molecular formula is C15H11Cl3N4O5. The van der Waals surface area contributed by atoms with Crippen molar-refractivity contribution in [3.05, 3.63) is 61.6 Å². The average molecular weight is 434 g/mol. The van der Waals surface area contributed by atoms with Gasteiger partial charge < -0.3 is 10.1 Å². The van der Waals surface area contributed by atoms with Gasteiger partial charge in [-0.15, -0.1) is 0 Å². The van der Waals surface area contributed by atoms with Gasteiger partial charge in [-0.25, -0.2) is 10.2 Å². The van der Waals surface area contributed by atoms with Crippen molar-refractivity contribution in [1.82, 2.24) is 10.9 Å². The summed E-state index contributed by atoms with van der Waals surface area (Å²) in [5.41, 5.74) is 4.39. The number of nitrogens with zero attached hydrogens (tertiary/aromatic N) is 1. The lowest BCUT2D eigenvalue weighted by Gasteiger charge is -2.11. The van der Waals surface area contributed by atoms with Crippen LogP contribution in [0.4, 0.5) is 16.2 Å². The molecule has 0 saturated carbocycles. The molecule has 142 valence electrons. The predicted octanol–water partition coefficient (Wildman–Crippen LogP) is 3.79. The lowest BCUT2D eigenvalue weighted by Crippen LogP contribution is -2.45. The number of amides is 3. The lowest BCUT2D eigenvalue weighted by atomic mass is 10.3. The number of anilines is 1. The molecular weight excluding hydrogens is 423 g/mol. The molecule has 0 saturated heterocycles. The van der Waals surface area contributed by atoms with E-state index in [0.29, 0.717) is 5.69 Å². The SMILES string of the molecule is O=C(COc1cc(Cl)c(Cl)cc1Cl)NNC(=O)Nc1ccc([N+](=O)[O-])cc1. The van der Waals surface area contributed by atoms with E-state index in [-0.39, 0.29) is 26.5 Å². The summed E-state index contributed by atoms with van der Waals surface area (Å²) in [6, 6.07) is 7.10. The van der Waals surface area contributed by atoms with Crippen LogP contribution in [0.5, 0.6) is 5.75 Å². The van der Waals surface area contributed by atoms with E-state index in [1.165, 1.54) is 36.4 Å². The van der Waals surface area contributed by atoms with Gasteiger partial charge in [0.15, 0.2) is 6.61 Å². The number of hydrogen-bond donors (Lipinski definition) is 3. The Bertz CT molecular complexity index is 877. The second kappa shape index (κ2) is 9.26. The Kier molecular flexibility index (Phi) is 7.05. The molecule has 3 amide bonds. The van der Waals surface area contributed by atoms with Crippen molar-refractivity contribution in [3.63, 3.8) is 0 Å². The first-order valence-corrected chi connectivity index (χ1v) is 8.27. The third kappa shape index (κ3) is 6.17.